The Morgan fingerprint density at radius 3 is 2.49 bits per heavy atom. The van der Waals surface area contributed by atoms with E-state index in [-0.39, 0.29) is 17.9 Å². The zero-order chi connectivity index (χ0) is 32.2. The number of para-hydroxylation sites is 2. The molecular formula is C37H41N7O3. The number of nitrogens with zero attached hydrogens (tertiary/aromatic N) is 3. The smallest absolute Gasteiger partial charge is 0.237 e. The molecule has 1 fully saturated rings. The number of benzene rings is 3. The van der Waals surface area contributed by atoms with E-state index in [4.69, 9.17) is 19.7 Å². The normalized spacial score (nSPS) is 15.6. The summed E-state index contributed by atoms with van der Waals surface area (Å²) in [5.41, 5.74) is 5.44. The molecule has 0 radical (unpaired) electrons. The fourth-order valence-corrected chi connectivity index (χ4v) is 6.83. The Bertz CT molecular complexity index is 1980. The van der Waals surface area contributed by atoms with Crippen LogP contribution in [0.25, 0.3) is 21.8 Å². The van der Waals surface area contributed by atoms with Crippen molar-refractivity contribution in [3.63, 3.8) is 0 Å². The number of carbonyl (C=O) groups excluding carboxylic acids is 1. The number of rotatable bonds is 12. The van der Waals surface area contributed by atoms with Gasteiger partial charge in [-0.15, -0.1) is 10.2 Å². The summed E-state index contributed by atoms with van der Waals surface area (Å²) in [6, 6.07) is 22.3. The van der Waals surface area contributed by atoms with Gasteiger partial charge in [0.1, 0.15) is 23.1 Å². The summed E-state index contributed by atoms with van der Waals surface area (Å²) in [6.45, 7) is 1.75. The summed E-state index contributed by atoms with van der Waals surface area (Å²) in [5, 5.41) is 18.7. The van der Waals surface area contributed by atoms with Gasteiger partial charge in [-0.1, -0.05) is 42.8 Å². The number of H-pyrrole nitrogens is 2. The van der Waals surface area contributed by atoms with E-state index in [9.17, 15) is 4.79 Å². The Kier molecular flexibility index (Phi) is 8.92. The van der Waals surface area contributed by atoms with Crippen LogP contribution in [0.15, 0.2) is 79.1 Å². The van der Waals surface area contributed by atoms with Gasteiger partial charge >= 0.3 is 0 Å². The lowest BCUT2D eigenvalue weighted by atomic mass is 9.96. The number of aryl methyl sites for hydroxylation is 2. The van der Waals surface area contributed by atoms with E-state index in [0.717, 1.165) is 82.9 Å². The van der Waals surface area contributed by atoms with Crippen molar-refractivity contribution >= 4 is 27.7 Å². The van der Waals surface area contributed by atoms with Crippen LogP contribution in [0, 0.1) is 0 Å². The molecule has 242 valence electrons. The minimum absolute atomic E-state index is 0.0250. The van der Waals surface area contributed by atoms with Crippen molar-refractivity contribution in [2.75, 3.05) is 27.3 Å². The molecule has 7 rings (SSSR count). The lowest BCUT2D eigenvalue weighted by Gasteiger charge is -2.24. The largest absolute Gasteiger partial charge is 0.497 e. The monoisotopic (exact) mass is 631 g/mol. The molecular weight excluding hydrogens is 590 g/mol. The van der Waals surface area contributed by atoms with Crippen LogP contribution >= 0.6 is 0 Å². The summed E-state index contributed by atoms with van der Waals surface area (Å²) in [7, 11) is 3.32. The second-order valence-corrected chi connectivity index (χ2v) is 12.2. The van der Waals surface area contributed by atoms with Crippen LogP contribution in [-0.4, -0.2) is 64.0 Å². The standard InChI is InChI=1S/C37H41N7O3/c1-46-26-16-14-25(34(19-26)47-2)23-44-35(17-15-24-20-39-31-11-5-3-9-27(24)31)42-43-36(44)30(22-41-37(45)33-13-7-8-18-38-33)29-21-40-32-12-6-4-10-28(29)32/h3-6,9-12,14,16,19-21,30,33,38-40H,7-8,13,15,17-18,22-23H2,1-2H3,(H,41,45)/t30?,33-/m1/s1. The molecule has 1 unspecified atom stereocenters. The Morgan fingerprint density at radius 2 is 1.70 bits per heavy atom. The number of piperidine rings is 1. The maximum atomic E-state index is 13.4. The van der Waals surface area contributed by atoms with E-state index in [1.807, 2.05) is 42.6 Å². The van der Waals surface area contributed by atoms with Crippen LogP contribution in [0.2, 0.25) is 0 Å². The zero-order valence-corrected chi connectivity index (χ0v) is 26.9. The fraction of sp³-hybridized carbons (Fsp3) is 0.324. The van der Waals surface area contributed by atoms with Crippen molar-refractivity contribution in [2.24, 2.45) is 0 Å². The molecule has 6 aromatic rings. The SMILES string of the molecule is COc1ccc(Cn2c(CCc3c[nH]c4ccccc34)nnc2C(CNC(=O)[C@H]2CCCCN2)c2c[nH]c3ccccc23)c(OC)c1. The first-order valence-electron chi connectivity index (χ1n) is 16.4. The van der Waals surface area contributed by atoms with Crippen molar-refractivity contribution in [3.05, 3.63) is 107 Å². The maximum Gasteiger partial charge on any atom is 0.237 e. The molecule has 2 atom stereocenters. The van der Waals surface area contributed by atoms with Crippen LogP contribution in [-0.2, 0) is 24.2 Å². The number of hydrogen-bond acceptors (Lipinski definition) is 6. The molecule has 0 spiro atoms. The van der Waals surface area contributed by atoms with E-state index in [1.165, 1.54) is 10.9 Å². The zero-order valence-electron chi connectivity index (χ0n) is 26.9. The molecule has 4 heterocycles. The van der Waals surface area contributed by atoms with Gasteiger partial charge in [0.15, 0.2) is 0 Å². The van der Waals surface area contributed by atoms with Crippen LogP contribution in [0.4, 0.5) is 0 Å². The number of ether oxygens (including phenoxy) is 2. The molecule has 1 aliphatic heterocycles. The third-order valence-corrected chi connectivity index (χ3v) is 9.39. The third kappa shape index (κ3) is 6.33. The summed E-state index contributed by atoms with van der Waals surface area (Å²) >= 11 is 0. The molecule has 0 aliphatic carbocycles. The minimum atomic E-state index is -0.253. The van der Waals surface area contributed by atoms with Crippen molar-refractivity contribution in [2.45, 2.75) is 50.6 Å². The minimum Gasteiger partial charge on any atom is -0.497 e. The highest BCUT2D eigenvalue weighted by atomic mass is 16.5. The average Bonchev–Trinajstić information content (AvgIpc) is 3.85. The molecule has 0 saturated carbocycles. The molecule has 3 aromatic heterocycles. The van der Waals surface area contributed by atoms with Gasteiger partial charge in [-0.25, -0.2) is 0 Å². The number of amides is 1. The molecule has 1 saturated heterocycles. The number of aromatic amines is 2. The fourth-order valence-electron chi connectivity index (χ4n) is 6.83. The van der Waals surface area contributed by atoms with E-state index in [2.05, 4.69) is 61.7 Å². The molecule has 1 aliphatic rings. The molecule has 10 heteroatoms. The van der Waals surface area contributed by atoms with E-state index in [0.29, 0.717) is 19.5 Å². The number of aromatic nitrogens is 5. The Balaban J connectivity index is 1.28. The summed E-state index contributed by atoms with van der Waals surface area (Å²) in [6.07, 6.45) is 8.60. The number of hydrogen-bond donors (Lipinski definition) is 4. The molecule has 3 aromatic carbocycles. The topological polar surface area (TPSA) is 122 Å². The van der Waals surface area contributed by atoms with Gasteiger partial charge in [0.05, 0.1) is 32.7 Å². The van der Waals surface area contributed by atoms with Gasteiger partial charge in [0, 0.05) is 58.8 Å². The Hall–Kier alpha value is -5.09. The van der Waals surface area contributed by atoms with Gasteiger partial charge in [0.25, 0.3) is 0 Å². The van der Waals surface area contributed by atoms with Gasteiger partial charge in [0.2, 0.25) is 5.91 Å². The first kappa shape index (κ1) is 30.6. The highest BCUT2D eigenvalue weighted by molar-refractivity contribution is 5.85. The molecule has 4 N–H and O–H groups in total. The Labute approximate surface area is 273 Å². The summed E-state index contributed by atoms with van der Waals surface area (Å²) < 4.78 is 13.5. The number of fused-ring (bicyclic) bond motifs is 2. The molecule has 10 nitrogen and oxygen atoms in total. The number of methoxy groups -OCH3 is 2. The lowest BCUT2D eigenvalue weighted by Crippen LogP contribution is -2.47. The van der Waals surface area contributed by atoms with Gasteiger partial charge in [-0.2, -0.15) is 0 Å². The van der Waals surface area contributed by atoms with Crippen LogP contribution < -0.4 is 20.1 Å². The van der Waals surface area contributed by atoms with Crippen molar-refractivity contribution in [1.82, 2.24) is 35.4 Å². The number of nitrogens with one attached hydrogen (secondary N) is 4. The van der Waals surface area contributed by atoms with Crippen molar-refractivity contribution < 1.29 is 14.3 Å². The van der Waals surface area contributed by atoms with Crippen LogP contribution in [0.3, 0.4) is 0 Å². The third-order valence-electron chi connectivity index (χ3n) is 9.39. The van der Waals surface area contributed by atoms with E-state index >= 15 is 0 Å². The predicted molar refractivity (Wildman–Crippen MR) is 183 cm³/mol. The summed E-state index contributed by atoms with van der Waals surface area (Å²) in [4.78, 5) is 20.2. The lowest BCUT2D eigenvalue weighted by molar-refractivity contribution is -0.123. The first-order chi connectivity index (χ1) is 23.1. The summed E-state index contributed by atoms with van der Waals surface area (Å²) in [5.74, 6) is 2.89. The van der Waals surface area contributed by atoms with Gasteiger partial charge in [-0.05, 0) is 61.2 Å². The van der Waals surface area contributed by atoms with E-state index < -0.39 is 0 Å². The van der Waals surface area contributed by atoms with Crippen molar-refractivity contribution in [1.29, 1.82) is 0 Å². The van der Waals surface area contributed by atoms with Crippen LogP contribution in [0.1, 0.15) is 53.5 Å². The maximum absolute atomic E-state index is 13.4. The van der Waals surface area contributed by atoms with Crippen molar-refractivity contribution in [3.8, 4) is 11.5 Å². The highest BCUT2D eigenvalue weighted by Gasteiger charge is 2.28. The van der Waals surface area contributed by atoms with E-state index in [1.54, 1.807) is 14.2 Å². The quantitative estimate of drug-likeness (QED) is 0.142. The number of carbonyl (C=O) groups is 1. The molecule has 0 bridgehead atoms. The second kappa shape index (κ2) is 13.7. The van der Waals surface area contributed by atoms with Gasteiger partial charge in [-0.3, -0.25) is 4.79 Å². The van der Waals surface area contributed by atoms with Gasteiger partial charge < -0.3 is 34.6 Å². The average molecular weight is 632 g/mol. The molecule has 47 heavy (non-hydrogen) atoms. The molecule has 1 amide bonds. The second-order valence-electron chi connectivity index (χ2n) is 12.2. The first-order valence-corrected chi connectivity index (χ1v) is 16.4. The van der Waals surface area contributed by atoms with Crippen LogP contribution in [0.5, 0.6) is 11.5 Å². The Morgan fingerprint density at radius 1 is 0.915 bits per heavy atom. The highest BCUT2D eigenvalue weighted by Crippen LogP contribution is 2.33. The predicted octanol–water partition coefficient (Wildman–Crippen LogP) is 5.48.